The molecular formula is C39H70N10+4. The van der Waals surface area contributed by atoms with Crippen LogP contribution in [0.25, 0.3) is 0 Å². The summed E-state index contributed by atoms with van der Waals surface area (Å²) in [5.41, 5.74) is 12.7. The van der Waals surface area contributed by atoms with Crippen molar-refractivity contribution in [2.24, 2.45) is 33.1 Å². The summed E-state index contributed by atoms with van der Waals surface area (Å²) < 4.78 is 18.5. The molecule has 0 aliphatic rings. The van der Waals surface area contributed by atoms with Gasteiger partial charge in [0.15, 0.2) is 0 Å². The lowest BCUT2D eigenvalue weighted by molar-refractivity contribution is -0.912. The Morgan fingerprint density at radius 2 is 0.694 bits per heavy atom. The SMILES string of the molecule is CC(C)(CN)CCn1cc[n+](CCC(C)(C)CCn2cc[n+](C[n+]3ccn(CCC(C)(C)CC[n+]4ccn(CCC(C)(C)CN)c4)c3)c2)c1. The molecule has 0 aromatic carbocycles. The van der Waals surface area contributed by atoms with E-state index in [0.717, 1.165) is 97.6 Å². The first-order valence-corrected chi connectivity index (χ1v) is 18.6. The van der Waals surface area contributed by atoms with Gasteiger partial charge in [0.25, 0.3) is 0 Å². The Bertz CT molecular complexity index is 1430. The molecule has 0 atom stereocenters. The molecule has 0 aliphatic heterocycles. The second kappa shape index (κ2) is 16.6. The van der Waals surface area contributed by atoms with Crippen molar-refractivity contribution >= 4 is 0 Å². The summed E-state index contributed by atoms with van der Waals surface area (Å²) in [6.07, 6.45) is 33.3. The molecule has 10 nitrogen and oxygen atoms in total. The second-order valence-electron chi connectivity index (χ2n) is 17.8. The van der Waals surface area contributed by atoms with Crippen molar-refractivity contribution in [3.63, 3.8) is 0 Å². The zero-order valence-corrected chi connectivity index (χ0v) is 32.3. The third-order valence-electron chi connectivity index (χ3n) is 10.7. The number of hydrogen-bond acceptors (Lipinski definition) is 2. The highest BCUT2D eigenvalue weighted by Crippen LogP contribution is 2.27. The molecule has 0 unspecified atom stereocenters. The maximum atomic E-state index is 5.91. The fourth-order valence-electron chi connectivity index (χ4n) is 5.95. The number of aryl methyl sites for hydroxylation is 6. The van der Waals surface area contributed by atoms with Crippen molar-refractivity contribution in [2.75, 3.05) is 13.1 Å². The van der Waals surface area contributed by atoms with Gasteiger partial charge in [0.2, 0.25) is 32.0 Å². The molecule has 0 fully saturated rings. The lowest BCUT2D eigenvalue weighted by Gasteiger charge is -2.22. The number of nitrogens with two attached hydrogens (primary N) is 2. The normalized spacial score (nSPS) is 13.1. The number of aromatic nitrogens is 8. The van der Waals surface area contributed by atoms with Crippen LogP contribution in [0.1, 0.15) is 93.9 Å². The number of rotatable bonds is 22. The molecule has 4 aromatic heterocycles. The molecule has 4 rings (SSSR count). The first kappa shape index (κ1) is 38.6. The van der Waals surface area contributed by atoms with Crippen molar-refractivity contribution in [1.29, 1.82) is 0 Å². The fourth-order valence-corrected chi connectivity index (χ4v) is 5.95. The molecular weight excluding hydrogens is 608 g/mol. The summed E-state index contributed by atoms with van der Waals surface area (Å²) >= 11 is 0. The van der Waals surface area contributed by atoms with Crippen LogP contribution in [0.15, 0.2) is 74.9 Å². The van der Waals surface area contributed by atoms with Crippen LogP contribution in [0.2, 0.25) is 0 Å². The zero-order chi connectivity index (χ0) is 35.7. The fraction of sp³-hybridized carbons (Fsp3) is 0.692. The number of nitrogens with zero attached hydrogens (tertiary/aromatic N) is 8. The van der Waals surface area contributed by atoms with Gasteiger partial charge in [0.05, 0.1) is 39.3 Å². The quantitative estimate of drug-likeness (QED) is 0.122. The monoisotopic (exact) mass is 679 g/mol. The van der Waals surface area contributed by atoms with Gasteiger partial charge in [-0.05, 0) is 73.3 Å². The van der Waals surface area contributed by atoms with Crippen LogP contribution < -0.4 is 29.7 Å². The predicted molar refractivity (Wildman–Crippen MR) is 195 cm³/mol. The van der Waals surface area contributed by atoms with E-state index >= 15 is 0 Å². The van der Waals surface area contributed by atoms with Crippen LogP contribution in [0.3, 0.4) is 0 Å². The van der Waals surface area contributed by atoms with E-state index in [-0.39, 0.29) is 21.7 Å². The number of hydrogen-bond donors (Lipinski definition) is 2. The molecule has 0 radical (unpaired) electrons. The van der Waals surface area contributed by atoms with E-state index in [2.05, 4.69) is 167 Å². The Balaban J connectivity index is 1.16. The van der Waals surface area contributed by atoms with Crippen LogP contribution in [0.5, 0.6) is 0 Å². The highest BCUT2D eigenvalue weighted by Gasteiger charge is 2.24. The molecule has 272 valence electrons. The molecule has 0 amide bonds. The lowest BCUT2D eigenvalue weighted by atomic mass is 9.85. The molecule has 0 saturated heterocycles. The minimum Gasteiger partial charge on any atom is -0.330 e. The second-order valence-corrected chi connectivity index (χ2v) is 17.8. The van der Waals surface area contributed by atoms with E-state index in [9.17, 15) is 0 Å². The summed E-state index contributed by atoms with van der Waals surface area (Å²) in [4.78, 5) is 0. The minimum absolute atomic E-state index is 0.187. The summed E-state index contributed by atoms with van der Waals surface area (Å²) in [6, 6.07) is 0. The van der Waals surface area contributed by atoms with E-state index in [4.69, 9.17) is 11.5 Å². The van der Waals surface area contributed by atoms with Gasteiger partial charge in [-0.1, -0.05) is 55.4 Å². The van der Waals surface area contributed by atoms with Gasteiger partial charge in [-0.2, -0.15) is 9.13 Å². The third kappa shape index (κ3) is 13.2. The van der Waals surface area contributed by atoms with Gasteiger partial charge >= 0.3 is 0 Å². The maximum absolute atomic E-state index is 5.91. The van der Waals surface area contributed by atoms with Crippen LogP contribution in [-0.4, -0.2) is 31.4 Å². The van der Waals surface area contributed by atoms with E-state index in [1.165, 1.54) is 0 Å². The van der Waals surface area contributed by atoms with E-state index in [0.29, 0.717) is 0 Å². The van der Waals surface area contributed by atoms with Crippen molar-refractivity contribution in [3.05, 3.63) is 74.9 Å². The van der Waals surface area contributed by atoms with E-state index in [1.54, 1.807) is 0 Å². The zero-order valence-electron chi connectivity index (χ0n) is 32.3. The van der Waals surface area contributed by atoms with Gasteiger partial charge in [-0.3, -0.25) is 0 Å². The topological polar surface area (TPSA) is 87.3 Å². The first-order valence-electron chi connectivity index (χ1n) is 18.6. The van der Waals surface area contributed by atoms with Crippen LogP contribution in [0, 0.1) is 21.7 Å². The van der Waals surface area contributed by atoms with Crippen molar-refractivity contribution in [1.82, 2.24) is 18.3 Å². The van der Waals surface area contributed by atoms with Gasteiger partial charge in [-0.15, -0.1) is 0 Å². The van der Waals surface area contributed by atoms with Crippen LogP contribution in [-0.2, 0) is 45.9 Å². The highest BCUT2D eigenvalue weighted by atomic mass is 15.2. The van der Waals surface area contributed by atoms with Gasteiger partial charge in [0, 0.05) is 0 Å². The summed E-state index contributed by atoms with van der Waals surface area (Å²) in [5, 5.41) is 0. The molecule has 49 heavy (non-hydrogen) atoms. The highest BCUT2D eigenvalue weighted by molar-refractivity contribution is 4.76. The van der Waals surface area contributed by atoms with Gasteiger partial charge in [-0.25, -0.2) is 27.4 Å². The van der Waals surface area contributed by atoms with Crippen LogP contribution in [0.4, 0.5) is 0 Å². The third-order valence-corrected chi connectivity index (χ3v) is 10.7. The average molecular weight is 679 g/mol. The summed E-state index contributed by atoms with van der Waals surface area (Å²) in [7, 11) is 0. The molecule has 4 heterocycles. The molecule has 0 aliphatic carbocycles. The van der Waals surface area contributed by atoms with Gasteiger partial charge < -0.3 is 11.5 Å². The Morgan fingerprint density at radius 3 is 1.02 bits per heavy atom. The smallest absolute Gasteiger partial charge is 0.246 e. The van der Waals surface area contributed by atoms with E-state index < -0.39 is 0 Å². The average Bonchev–Trinajstić information content (AvgIpc) is 3.88. The Kier molecular flexibility index (Phi) is 13.1. The summed E-state index contributed by atoms with van der Waals surface area (Å²) in [6.45, 7) is 27.0. The summed E-state index contributed by atoms with van der Waals surface area (Å²) in [5.74, 6) is 0. The largest absolute Gasteiger partial charge is 0.330 e. The molecule has 0 bridgehead atoms. The van der Waals surface area contributed by atoms with Crippen molar-refractivity contribution in [2.45, 2.75) is 140 Å². The molecule has 4 N–H and O–H groups in total. The number of imidazole rings is 4. The van der Waals surface area contributed by atoms with E-state index in [1.807, 2.05) is 0 Å². The predicted octanol–water partition coefficient (Wildman–Crippen LogP) is 4.31. The Hall–Kier alpha value is -3.24. The minimum atomic E-state index is 0.187. The van der Waals surface area contributed by atoms with Crippen LogP contribution >= 0.6 is 0 Å². The standard InChI is InChI=1S/C39H70N10/c1-36(2,9-15-42-21-23-44(31-42)19-13-38(5,6)29-40)11-17-46-25-27-48(33-46)35-49-28-26-47(34-49)18-12-37(3,4)10-16-43-22-24-45(32-43)20-14-39(7,8)30-41/h21-28,31-34H,9-20,29-30,35,40-41H2,1-8H3/q+4. The van der Waals surface area contributed by atoms with Crippen molar-refractivity contribution < 1.29 is 18.3 Å². The molecule has 10 heteroatoms. The van der Waals surface area contributed by atoms with Crippen molar-refractivity contribution in [3.8, 4) is 0 Å². The molecule has 0 saturated carbocycles. The Labute approximate surface area is 297 Å². The molecule has 0 spiro atoms. The lowest BCUT2D eigenvalue weighted by Crippen LogP contribution is -2.49. The molecule has 4 aromatic rings. The first-order chi connectivity index (χ1) is 23.0. The Morgan fingerprint density at radius 1 is 0.408 bits per heavy atom. The van der Waals surface area contributed by atoms with Gasteiger partial charge in [0.1, 0.15) is 49.6 Å². The maximum Gasteiger partial charge on any atom is 0.246 e.